The molecule has 1 aromatic carbocycles. The van der Waals surface area contributed by atoms with Crippen LogP contribution in [-0.2, 0) is 0 Å². The highest BCUT2D eigenvalue weighted by molar-refractivity contribution is 5.93. The lowest BCUT2D eigenvalue weighted by Gasteiger charge is -2.36. The molecule has 0 saturated carbocycles. The zero-order valence-corrected chi connectivity index (χ0v) is 18.3. The molecule has 170 valence electrons. The number of nitrogens with one attached hydrogen (secondary N) is 2. The van der Waals surface area contributed by atoms with Gasteiger partial charge >= 0.3 is 0 Å². The number of hydrogen-bond acceptors (Lipinski definition) is 9. The quantitative estimate of drug-likeness (QED) is 0.279. The average molecular weight is 446 g/mol. The number of benzene rings is 1. The van der Waals surface area contributed by atoms with Gasteiger partial charge in [0, 0.05) is 44.6 Å². The van der Waals surface area contributed by atoms with Gasteiger partial charge in [-0.1, -0.05) is 18.2 Å². The molecule has 0 unspecified atom stereocenters. The lowest BCUT2D eigenvalue weighted by molar-refractivity contribution is 0.257. The predicted molar refractivity (Wildman–Crippen MR) is 129 cm³/mol. The lowest BCUT2D eigenvalue weighted by atomic mass is 10.2. The van der Waals surface area contributed by atoms with Crippen LogP contribution in [0.5, 0.6) is 0 Å². The molecule has 33 heavy (non-hydrogen) atoms. The zero-order valence-electron chi connectivity index (χ0n) is 18.3. The summed E-state index contributed by atoms with van der Waals surface area (Å²) in [4.78, 5) is 13.9. The maximum absolute atomic E-state index is 7.89. The van der Waals surface area contributed by atoms with E-state index in [2.05, 4.69) is 60.5 Å². The Morgan fingerprint density at radius 1 is 1.06 bits per heavy atom. The Bertz CT molecular complexity index is 1210. The van der Waals surface area contributed by atoms with Crippen molar-refractivity contribution >= 4 is 29.3 Å². The van der Waals surface area contributed by atoms with E-state index in [0.29, 0.717) is 28.6 Å². The average Bonchev–Trinajstić information content (AvgIpc) is 3.54. The van der Waals surface area contributed by atoms with E-state index in [1.165, 1.54) is 16.4 Å². The molecule has 5 rings (SSSR count). The van der Waals surface area contributed by atoms with Crippen molar-refractivity contribution in [3.8, 4) is 11.6 Å². The number of nitrogen functional groups attached to an aromatic ring is 1. The van der Waals surface area contributed by atoms with Gasteiger partial charge in [0.15, 0.2) is 11.4 Å². The molecule has 4 N–H and O–H groups in total. The molecule has 4 aromatic rings. The minimum atomic E-state index is 0.209. The maximum atomic E-state index is 7.89. The van der Waals surface area contributed by atoms with Gasteiger partial charge in [-0.25, -0.2) is 4.98 Å². The summed E-state index contributed by atoms with van der Waals surface area (Å²) in [5.74, 6) is 1.70. The Morgan fingerprint density at radius 3 is 2.61 bits per heavy atom. The van der Waals surface area contributed by atoms with Crippen molar-refractivity contribution in [1.82, 2.24) is 24.5 Å². The maximum Gasteiger partial charge on any atom is 0.225 e. The Balaban J connectivity index is 1.18. The molecule has 0 bridgehead atoms. The van der Waals surface area contributed by atoms with Crippen molar-refractivity contribution in [3.63, 3.8) is 0 Å². The molecule has 0 atom stereocenters. The van der Waals surface area contributed by atoms with Crippen molar-refractivity contribution in [1.29, 1.82) is 5.41 Å². The van der Waals surface area contributed by atoms with Crippen molar-refractivity contribution in [3.05, 3.63) is 54.3 Å². The van der Waals surface area contributed by atoms with Crippen LogP contribution in [0.3, 0.4) is 0 Å². The summed E-state index contributed by atoms with van der Waals surface area (Å²) >= 11 is 0. The number of fused-ring (bicyclic) bond motifs is 1. The van der Waals surface area contributed by atoms with Crippen LogP contribution in [0.1, 0.15) is 12.0 Å². The van der Waals surface area contributed by atoms with Crippen molar-refractivity contribution < 1.29 is 4.42 Å². The Labute approximate surface area is 191 Å². The minimum absolute atomic E-state index is 0.209. The van der Waals surface area contributed by atoms with Gasteiger partial charge in [0.1, 0.15) is 5.82 Å². The molecule has 3 aromatic heterocycles. The van der Waals surface area contributed by atoms with Crippen LogP contribution in [0.4, 0.5) is 17.5 Å². The molecule has 1 aliphatic heterocycles. The molecule has 0 spiro atoms. The van der Waals surface area contributed by atoms with Crippen LogP contribution in [0, 0.1) is 5.41 Å². The van der Waals surface area contributed by atoms with E-state index < -0.39 is 0 Å². The third kappa shape index (κ3) is 4.37. The number of piperazine rings is 1. The Morgan fingerprint density at radius 2 is 1.88 bits per heavy atom. The van der Waals surface area contributed by atoms with Gasteiger partial charge in [-0.3, -0.25) is 4.90 Å². The first-order valence-electron chi connectivity index (χ1n) is 11.1. The molecular formula is C23H27N9O. The van der Waals surface area contributed by atoms with Gasteiger partial charge in [0.25, 0.3) is 0 Å². The third-order valence-corrected chi connectivity index (χ3v) is 5.87. The highest BCUT2D eigenvalue weighted by atomic mass is 16.3. The van der Waals surface area contributed by atoms with Crippen molar-refractivity contribution in [2.24, 2.45) is 0 Å². The predicted octanol–water partition coefficient (Wildman–Crippen LogP) is 2.59. The summed E-state index contributed by atoms with van der Waals surface area (Å²) in [6.07, 6.45) is 3.75. The molecular weight excluding hydrogens is 418 g/mol. The second-order valence-electron chi connectivity index (χ2n) is 7.97. The molecule has 1 saturated heterocycles. The van der Waals surface area contributed by atoms with Crippen LogP contribution in [0.2, 0.25) is 0 Å². The number of nitrogens with two attached hydrogens (primary N) is 1. The first-order valence-corrected chi connectivity index (χ1v) is 11.1. The smallest absolute Gasteiger partial charge is 0.225 e. The molecule has 4 heterocycles. The second kappa shape index (κ2) is 9.29. The van der Waals surface area contributed by atoms with Gasteiger partial charge in [-0.05, 0) is 37.2 Å². The SMILES string of the molecule is N=Cc1c(NCCCN2CCN(c3ccccc3)CC2)nc(N)n2nc(-c3ccco3)nc12. The molecule has 10 heteroatoms. The lowest BCUT2D eigenvalue weighted by Crippen LogP contribution is -2.46. The number of aromatic nitrogens is 4. The Hall–Kier alpha value is -3.92. The van der Waals surface area contributed by atoms with Crippen LogP contribution in [0.15, 0.2) is 53.1 Å². The fourth-order valence-electron chi connectivity index (χ4n) is 4.13. The van der Waals surface area contributed by atoms with Gasteiger partial charge in [0.2, 0.25) is 11.8 Å². The molecule has 0 amide bonds. The summed E-state index contributed by atoms with van der Waals surface area (Å²) in [6.45, 7) is 5.90. The molecule has 1 aliphatic rings. The fraction of sp³-hybridized carbons (Fsp3) is 0.304. The highest BCUT2D eigenvalue weighted by Crippen LogP contribution is 2.23. The van der Waals surface area contributed by atoms with E-state index in [1.807, 2.05) is 0 Å². The van der Waals surface area contributed by atoms with Crippen molar-refractivity contribution in [2.45, 2.75) is 6.42 Å². The molecule has 10 nitrogen and oxygen atoms in total. The van der Waals surface area contributed by atoms with Gasteiger partial charge < -0.3 is 25.8 Å². The first-order chi connectivity index (χ1) is 16.2. The van der Waals surface area contributed by atoms with Gasteiger partial charge in [-0.15, -0.1) is 5.10 Å². The molecule has 0 radical (unpaired) electrons. The van der Waals surface area contributed by atoms with E-state index >= 15 is 0 Å². The number of rotatable bonds is 8. The van der Waals surface area contributed by atoms with E-state index in [1.54, 1.807) is 18.4 Å². The second-order valence-corrected chi connectivity index (χ2v) is 7.97. The summed E-state index contributed by atoms with van der Waals surface area (Å²) in [7, 11) is 0. The van der Waals surface area contributed by atoms with E-state index in [4.69, 9.17) is 15.6 Å². The molecule has 0 aliphatic carbocycles. The van der Waals surface area contributed by atoms with Gasteiger partial charge in [-0.2, -0.15) is 9.50 Å². The first kappa shape index (κ1) is 21.0. The van der Waals surface area contributed by atoms with Crippen LogP contribution in [-0.4, -0.2) is 70.0 Å². The molecule has 1 fully saturated rings. The summed E-state index contributed by atoms with van der Waals surface area (Å²) in [5, 5.41) is 15.6. The standard InChI is InChI=1S/C23H27N9O/c24-16-18-20(28-23(25)32-22(18)27-21(29-32)19-8-4-15-33-19)26-9-5-10-30-11-13-31(14-12-30)17-6-2-1-3-7-17/h1-4,6-8,15-16,24,26H,5,9-14H2,(H2,25,28). The Kier molecular flexibility index (Phi) is 5.90. The van der Waals surface area contributed by atoms with E-state index in [0.717, 1.165) is 45.7 Å². The highest BCUT2D eigenvalue weighted by Gasteiger charge is 2.19. The van der Waals surface area contributed by atoms with E-state index in [9.17, 15) is 0 Å². The van der Waals surface area contributed by atoms with Crippen molar-refractivity contribution in [2.75, 3.05) is 55.2 Å². The summed E-state index contributed by atoms with van der Waals surface area (Å²) in [5.41, 5.74) is 8.44. The zero-order chi connectivity index (χ0) is 22.6. The van der Waals surface area contributed by atoms with Crippen LogP contribution in [0.25, 0.3) is 17.2 Å². The normalized spacial score (nSPS) is 14.6. The topological polar surface area (TPSA) is 125 Å². The van der Waals surface area contributed by atoms with Crippen LogP contribution >= 0.6 is 0 Å². The number of hydrogen-bond donors (Lipinski definition) is 3. The number of furan rings is 1. The number of nitrogens with zero attached hydrogens (tertiary/aromatic N) is 6. The minimum Gasteiger partial charge on any atom is -0.461 e. The third-order valence-electron chi connectivity index (χ3n) is 5.87. The fourth-order valence-corrected chi connectivity index (χ4v) is 4.13. The summed E-state index contributed by atoms with van der Waals surface area (Å²) in [6, 6.07) is 14.1. The number of anilines is 3. The van der Waals surface area contributed by atoms with Gasteiger partial charge in [0.05, 0.1) is 11.8 Å². The largest absolute Gasteiger partial charge is 0.461 e. The monoisotopic (exact) mass is 445 g/mol. The number of para-hydroxylation sites is 1. The van der Waals surface area contributed by atoms with E-state index in [-0.39, 0.29) is 5.95 Å². The summed E-state index contributed by atoms with van der Waals surface area (Å²) < 4.78 is 6.82. The van der Waals surface area contributed by atoms with Crippen LogP contribution < -0.4 is 16.0 Å².